The number of esters is 2. The topological polar surface area (TPSA) is 69.4 Å². The Morgan fingerprint density at radius 2 is 1.88 bits per heavy atom. The van der Waals surface area contributed by atoms with Crippen molar-refractivity contribution in [3.05, 3.63) is 48.0 Å². The van der Waals surface area contributed by atoms with Crippen LogP contribution in [0.25, 0.3) is 0 Å². The molecule has 0 saturated heterocycles. The summed E-state index contributed by atoms with van der Waals surface area (Å²) in [6.45, 7) is 5.04. The van der Waals surface area contributed by atoms with Gasteiger partial charge in [-0.1, -0.05) is 24.8 Å². The molecule has 4 nitrogen and oxygen atoms in total. The molecule has 0 radical (unpaired) electrons. The monoisotopic (exact) mass is 219 g/mol. The van der Waals surface area contributed by atoms with Crippen molar-refractivity contribution in [1.29, 1.82) is 0 Å². The number of nitrogens with two attached hydrogens (primary N) is 1. The summed E-state index contributed by atoms with van der Waals surface area (Å²) >= 11 is 0. The van der Waals surface area contributed by atoms with E-state index in [0.717, 1.165) is 0 Å². The number of hydrogen-bond acceptors (Lipinski definition) is 4. The van der Waals surface area contributed by atoms with Gasteiger partial charge in [0.25, 0.3) is 0 Å². The molecular weight excluding hydrogens is 206 g/mol. The number of ether oxygens (including phenoxy) is 1. The molecule has 0 aliphatic carbocycles. The fourth-order valence-corrected chi connectivity index (χ4v) is 0.969. The third-order valence-electron chi connectivity index (χ3n) is 2.01. The molecule has 1 rings (SSSR count). The van der Waals surface area contributed by atoms with Crippen LogP contribution in [0, 0.1) is 0 Å². The van der Waals surface area contributed by atoms with Crippen molar-refractivity contribution in [2.75, 3.05) is 0 Å². The molecule has 0 fully saturated rings. The highest BCUT2D eigenvalue weighted by atomic mass is 16.6. The Morgan fingerprint density at radius 1 is 1.31 bits per heavy atom. The lowest BCUT2D eigenvalue weighted by Crippen LogP contribution is -2.26. The Morgan fingerprint density at radius 3 is 2.38 bits per heavy atom. The molecule has 2 N–H and O–H groups in total. The molecule has 1 aromatic carbocycles. The minimum Gasteiger partial charge on any atom is -0.386 e. The van der Waals surface area contributed by atoms with Crippen LogP contribution in [-0.2, 0) is 9.53 Å². The van der Waals surface area contributed by atoms with Crippen LogP contribution in [0.1, 0.15) is 17.3 Å². The van der Waals surface area contributed by atoms with Gasteiger partial charge in [0.2, 0.25) is 0 Å². The number of rotatable bonds is 3. The van der Waals surface area contributed by atoms with Crippen molar-refractivity contribution in [3.63, 3.8) is 0 Å². The molecule has 1 aromatic rings. The Hall–Kier alpha value is -1.94. The molecule has 0 aliphatic rings. The number of carbonyl (C=O) groups excluding carboxylic acids is 2. The van der Waals surface area contributed by atoms with E-state index in [1.54, 1.807) is 37.3 Å². The predicted octanol–water partition coefficient (Wildman–Crippen LogP) is 1.27. The summed E-state index contributed by atoms with van der Waals surface area (Å²) in [6.07, 6.45) is 0. The van der Waals surface area contributed by atoms with Gasteiger partial charge >= 0.3 is 11.9 Å². The average molecular weight is 219 g/mol. The average Bonchev–Trinajstić information content (AvgIpc) is 2.28. The second-order valence-corrected chi connectivity index (χ2v) is 3.36. The van der Waals surface area contributed by atoms with Gasteiger partial charge in [-0.3, -0.25) is 0 Å². The Bertz CT molecular complexity index is 410. The van der Waals surface area contributed by atoms with E-state index in [1.165, 1.54) is 0 Å². The van der Waals surface area contributed by atoms with Crippen molar-refractivity contribution in [3.8, 4) is 0 Å². The molecule has 1 atom stereocenters. The lowest BCUT2D eigenvalue weighted by atomic mass is 10.2. The zero-order valence-corrected chi connectivity index (χ0v) is 8.97. The highest BCUT2D eigenvalue weighted by molar-refractivity contribution is 6.02. The molecular formula is C12H13NO3. The normalized spacial score (nSPS) is 11.6. The summed E-state index contributed by atoms with van der Waals surface area (Å²) in [5.41, 5.74) is 5.83. The first kappa shape index (κ1) is 12.1. The van der Waals surface area contributed by atoms with Gasteiger partial charge in [0.05, 0.1) is 5.56 Å². The van der Waals surface area contributed by atoms with Crippen LogP contribution in [0.15, 0.2) is 42.5 Å². The molecule has 0 bridgehead atoms. The molecule has 1 unspecified atom stereocenters. The lowest BCUT2D eigenvalue weighted by Gasteiger charge is -2.07. The molecule has 0 amide bonds. The van der Waals surface area contributed by atoms with Crippen molar-refractivity contribution < 1.29 is 14.3 Å². The van der Waals surface area contributed by atoms with E-state index >= 15 is 0 Å². The highest BCUT2D eigenvalue weighted by Crippen LogP contribution is 2.05. The zero-order chi connectivity index (χ0) is 12.1. The second kappa shape index (κ2) is 5.23. The van der Waals surface area contributed by atoms with Crippen molar-refractivity contribution in [2.24, 2.45) is 5.73 Å². The lowest BCUT2D eigenvalue weighted by molar-refractivity contribution is -0.133. The van der Waals surface area contributed by atoms with E-state index in [9.17, 15) is 9.59 Å². The molecule has 0 aliphatic heterocycles. The van der Waals surface area contributed by atoms with Crippen molar-refractivity contribution >= 4 is 11.9 Å². The fraction of sp³-hybridized carbons (Fsp3) is 0.167. The van der Waals surface area contributed by atoms with Gasteiger partial charge < -0.3 is 10.5 Å². The van der Waals surface area contributed by atoms with E-state index in [0.29, 0.717) is 5.56 Å². The third kappa shape index (κ3) is 3.03. The van der Waals surface area contributed by atoms with E-state index in [1.807, 2.05) is 0 Å². The fourth-order valence-electron chi connectivity index (χ4n) is 0.969. The van der Waals surface area contributed by atoms with Crippen molar-refractivity contribution in [2.45, 2.75) is 13.0 Å². The first-order valence-electron chi connectivity index (χ1n) is 4.78. The largest absolute Gasteiger partial charge is 0.386 e. The van der Waals surface area contributed by atoms with E-state index < -0.39 is 18.0 Å². The Balaban J connectivity index is 2.66. The SMILES string of the molecule is C=C(C(=O)OC(=O)c1ccccc1)C(C)N. The quantitative estimate of drug-likeness (QED) is 0.472. The molecule has 0 saturated carbocycles. The van der Waals surface area contributed by atoms with Crippen LogP contribution < -0.4 is 5.73 Å². The van der Waals surface area contributed by atoms with Crippen LogP contribution in [0.4, 0.5) is 0 Å². The van der Waals surface area contributed by atoms with Gasteiger partial charge in [0, 0.05) is 11.6 Å². The zero-order valence-electron chi connectivity index (χ0n) is 8.97. The maximum Gasteiger partial charge on any atom is 0.346 e. The maximum atomic E-state index is 11.5. The predicted molar refractivity (Wildman–Crippen MR) is 59.7 cm³/mol. The highest BCUT2D eigenvalue weighted by Gasteiger charge is 2.17. The van der Waals surface area contributed by atoms with Gasteiger partial charge in [-0.15, -0.1) is 0 Å². The summed E-state index contributed by atoms with van der Waals surface area (Å²) in [6, 6.07) is 7.72. The van der Waals surface area contributed by atoms with Crippen LogP contribution >= 0.6 is 0 Å². The molecule has 0 spiro atoms. The summed E-state index contributed by atoms with van der Waals surface area (Å²) in [7, 11) is 0. The van der Waals surface area contributed by atoms with Crippen LogP contribution in [0.2, 0.25) is 0 Å². The number of benzene rings is 1. The van der Waals surface area contributed by atoms with E-state index in [-0.39, 0.29) is 5.57 Å². The van der Waals surface area contributed by atoms with Crippen LogP contribution in [-0.4, -0.2) is 18.0 Å². The molecule has 4 heteroatoms. The Kier molecular flexibility index (Phi) is 3.96. The summed E-state index contributed by atoms with van der Waals surface area (Å²) < 4.78 is 4.60. The van der Waals surface area contributed by atoms with Crippen LogP contribution in [0.3, 0.4) is 0 Å². The van der Waals surface area contributed by atoms with Gasteiger partial charge in [-0.25, -0.2) is 9.59 Å². The first-order valence-corrected chi connectivity index (χ1v) is 4.78. The first-order chi connectivity index (χ1) is 7.52. The third-order valence-corrected chi connectivity index (χ3v) is 2.01. The minimum absolute atomic E-state index is 0.0734. The number of hydrogen-bond donors (Lipinski definition) is 1. The van der Waals surface area contributed by atoms with Crippen LogP contribution in [0.5, 0.6) is 0 Å². The summed E-state index contributed by atoms with van der Waals surface area (Å²) in [5.74, 6) is -1.49. The van der Waals surface area contributed by atoms with E-state index in [4.69, 9.17) is 5.73 Å². The minimum atomic E-state index is -0.788. The van der Waals surface area contributed by atoms with Gasteiger partial charge in [0.15, 0.2) is 0 Å². The number of carbonyl (C=O) groups is 2. The molecule has 0 heterocycles. The second-order valence-electron chi connectivity index (χ2n) is 3.36. The summed E-state index contributed by atoms with van der Waals surface area (Å²) in [4.78, 5) is 22.8. The standard InChI is InChI=1S/C12H13NO3/c1-8(9(2)13)11(14)16-12(15)10-6-4-3-5-7-10/h3-7,9H,1,13H2,2H3. The maximum absolute atomic E-state index is 11.5. The molecule has 16 heavy (non-hydrogen) atoms. The molecule has 84 valence electrons. The van der Waals surface area contributed by atoms with Gasteiger partial charge in [-0.2, -0.15) is 0 Å². The Labute approximate surface area is 93.7 Å². The van der Waals surface area contributed by atoms with Crippen molar-refractivity contribution in [1.82, 2.24) is 0 Å². The van der Waals surface area contributed by atoms with Gasteiger partial charge in [-0.05, 0) is 19.1 Å². The smallest absolute Gasteiger partial charge is 0.346 e. The summed E-state index contributed by atoms with van der Waals surface area (Å²) in [5, 5.41) is 0. The van der Waals surface area contributed by atoms with E-state index in [2.05, 4.69) is 11.3 Å². The van der Waals surface area contributed by atoms with Gasteiger partial charge in [0.1, 0.15) is 0 Å². The molecule has 0 aromatic heterocycles.